The third-order valence-corrected chi connectivity index (χ3v) is 10.2. The zero-order valence-corrected chi connectivity index (χ0v) is 25.8. The minimum absolute atomic E-state index is 0.521. The maximum absolute atomic E-state index is 6.58. The number of halogens is 1. The van der Waals surface area contributed by atoms with Crippen LogP contribution in [-0.4, -0.2) is 48.6 Å². The highest BCUT2D eigenvalue weighted by Gasteiger charge is 2.26. The zero-order valence-electron chi connectivity index (χ0n) is 25.1. The molecule has 7 rings (SSSR count). The first-order chi connectivity index (χ1) is 20.5. The van der Waals surface area contributed by atoms with Crippen LogP contribution in [0.1, 0.15) is 49.8 Å². The number of benzene rings is 3. The summed E-state index contributed by atoms with van der Waals surface area (Å²) in [5.74, 6) is 1.62. The average molecular weight is 577 g/mol. The van der Waals surface area contributed by atoms with Crippen molar-refractivity contribution in [2.75, 3.05) is 42.9 Å². The molecule has 0 saturated carbocycles. The molecule has 216 valence electrons. The Bertz CT molecular complexity index is 1710. The Morgan fingerprint density at radius 2 is 1.86 bits per heavy atom. The third-order valence-electron chi connectivity index (χ3n) is 9.87. The van der Waals surface area contributed by atoms with Crippen LogP contribution < -0.4 is 10.2 Å². The van der Waals surface area contributed by atoms with Crippen molar-refractivity contribution in [2.45, 2.75) is 52.5 Å². The number of fused-ring (bicyclic) bond motifs is 5. The molecule has 0 spiro atoms. The number of pyridine rings is 1. The minimum atomic E-state index is 0.521. The van der Waals surface area contributed by atoms with E-state index in [-0.39, 0.29) is 0 Å². The summed E-state index contributed by atoms with van der Waals surface area (Å²) in [5.41, 5.74) is 9.71. The summed E-state index contributed by atoms with van der Waals surface area (Å²) in [7, 11) is 0. The Hall–Kier alpha value is -3.34. The zero-order chi connectivity index (χ0) is 28.8. The van der Waals surface area contributed by atoms with E-state index >= 15 is 0 Å². The number of nitrogens with zero attached hydrogens (tertiary/aromatic N) is 3. The molecule has 3 aromatic carbocycles. The first-order valence-electron chi connectivity index (χ1n) is 15.7. The Labute approximate surface area is 255 Å². The molecule has 1 aromatic heterocycles. The minimum Gasteiger partial charge on any atom is -0.385 e. The van der Waals surface area contributed by atoms with Gasteiger partial charge in [-0.3, -0.25) is 4.90 Å². The standard InChI is InChI=1S/C37H41ClN4/c1-24-20-33-30(29-9-5-4-8-28(24)29)13-12-27-22-36(25(2)21-32(27)33)39-15-14-26(3)41-16-18-42(19-17-41)37-23-34(38)31-10-6-7-11-35(31)40-37/h5-7,9-13,21-24,26,39H,4,8,14-20H2,1-3H3. The molecule has 0 amide bonds. The van der Waals surface area contributed by atoms with Crippen LogP contribution in [0.25, 0.3) is 27.2 Å². The topological polar surface area (TPSA) is 31.4 Å². The average Bonchev–Trinajstić information content (AvgIpc) is 3.01. The second kappa shape index (κ2) is 11.4. The van der Waals surface area contributed by atoms with Crippen molar-refractivity contribution in [1.82, 2.24) is 9.88 Å². The molecule has 2 unspecified atom stereocenters. The van der Waals surface area contributed by atoms with Crippen LogP contribution in [0.15, 0.2) is 72.3 Å². The van der Waals surface area contributed by atoms with Crippen LogP contribution in [-0.2, 0) is 6.42 Å². The Balaban J connectivity index is 0.980. The molecule has 5 heteroatoms. The highest BCUT2D eigenvalue weighted by molar-refractivity contribution is 6.35. The lowest BCUT2D eigenvalue weighted by Gasteiger charge is -2.38. The van der Waals surface area contributed by atoms with E-state index in [0.717, 1.165) is 67.3 Å². The summed E-state index contributed by atoms with van der Waals surface area (Å²) in [6.45, 7) is 12.0. The first-order valence-corrected chi connectivity index (χ1v) is 16.1. The van der Waals surface area contributed by atoms with E-state index < -0.39 is 0 Å². The van der Waals surface area contributed by atoms with Gasteiger partial charge in [0.1, 0.15) is 5.82 Å². The van der Waals surface area contributed by atoms with Gasteiger partial charge in [0.25, 0.3) is 0 Å². The maximum Gasteiger partial charge on any atom is 0.130 e. The van der Waals surface area contributed by atoms with Crippen molar-refractivity contribution in [3.05, 3.63) is 94.0 Å². The lowest BCUT2D eigenvalue weighted by atomic mass is 9.74. The summed E-state index contributed by atoms with van der Waals surface area (Å²) in [6, 6.07) is 20.2. The fourth-order valence-corrected chi connectivity index (χ4v) is 7.62. The lowest BCUT2D eigenvalue weighted by molar-refractivity contribution is 0.191. The largest absolute Gasteiger partial charge is 0.385 e. The maximum atomic E-state index is 6.58. The predicted octanol–water partition coefficient (Wildman–Crippen LogP) is 8.66. The van der Waals surface area contributed by atoms with E-state index in [1.54, 1.807) is 5.57 Å². The van der Waals surface area contributed by atoms with Gasteiger partial charge in [-0.25, -0.2) is 4.98 Å². The second-order valence-electron chi connectivity index (χ2n) is 12.5. The molecule has 0 bridgehead atoms. The molecule has 1 fully saturated rings. The van der Waals surface area contributed by atoms with E-state index in [4.69, 9.17) is 16.6 Å². The van der Waals surface area contributed by atoms with E-state index in [0.29, 0.717) is 12.0 Å². The molecule has 1 aliphatic heterocycles. The molecule has 4 nitrogen and oxygen atoms in total. The fourth-order valence-electron chi connectivity index (χ4n) is 7.36. The Morgan fingerprint density at radius 1 is 1.02 bits per heavy atom. The Kier molecular flexibility index (Phi) is 7.46. The number of hydrogen-bond donors (Lipinski definition) is 1. The van der Waals surface area contributed by atoms with Gasteiger partial charge < -0.3 is 10.2 Å². The van der Waals surface area contributed by atoms with Crippen LogP contribution in [0.4, 0.5) is 11.5 Å². The van der Waals surface area contributed by atoms with Crippen LogP contribution in [0.3, 0.4) is 0 Å². The number of aromatic nitrogens is 1. The molecule has 4 aromatic rings. The van der Waals surface area contributed by atoms with Crippen molar-refractivity contribution in [3.8, 4) is 0 Å². The van der Waals surface area contributed by atoms with Crippen molar-refractivity contribution in [1.29, 1.82) is 0 Å². The molecular formula is C37H41ClN4. The van der Waals surface area contributed by atoms with Crippen LogP contribution in [0, 0.1) is 12.8 Å². The van der Waals surface area contributed by atoms with Gasteiger partial charge in [0, 0.05) is 49.8 Å². The molecule has 2 aliphatic carbocycles. The van der Waals surface area contributed by atoms with Gasteiger partial charge in [-0.15, -0.1) is 0 Å². The van der Waals surface area contributed by atoms with Crippen molar-refractivity contribution >= 4 is 50.4 Å². The van der Waals surface area contributed by atoms with E-state index in [2.05, 4.69) is 72.3 Å². The highest BCUT2D eigenvalue weighted by Crippen LogP contribution is 2.43. The number of piperazine rings is 1. The highest BCUT2D eigenvalue weighted by atomic mass is 35.5. The molecule has 0 radical (unpaired) electrons. The second-order valence-corrected chi connectivity index (χ2v) is 12.9. The van der Waals surface area contributed by atoms with Crippen molar-refractivity contribution in [3.63, 3.8) is 0 Å². The number of hydrogen-bond acceptors (Lipinski definition) is 4. The van der Waals surface area contributed by atoms with Gasteiger partial charge in [-0.05, 0) is 103 Å². The first kappa shape index (κ1) is 27.5. The van der Waals surface area contributed by atoms with Gasteiger partial charge in [0.05, 0.1) is 10.5 Å². The van der Waals surface area contributed by atoms with Crippen molar-refractivity contribution in [2.24, 2.45) is 5.92 Å². The number of para-hydroxylation sites is 1. The van der Waals surface area contributed by atoms with Gasteiger partial charge in [0.2, 0.25) is 0 Å². The number of aryl methyl sites for hydroxylation is 1. The Morgan fingerprint density at radius 3 is 2.71 bits per heavy atom. The summed E-state index contributed by atoms with van der Waals surface area (Å²) in [5, 5.41) is 8.37. The lowest BCUT2D eigenvalue weighted by Crippen LogP contribution is -2.50. The SMILES string of the molecule is Cc1cc2c3c(ccc2cc1NCCC(C)N1CCN(c2cc(Cl)c4ccccc4n2)CC1)C1=C(CCC=C1)C(C)C3. The monoisotopic (exact) mass is 576 g/mol. The van der Waals surface area contributed by atoms with Crippen LogP contribution >= 0.6 is 11.6 Å². The van der Waals surface area contributed by atoms with E-state index in [9.17, 15) is 0 Å². The van der Waals surface area contributed by atoms with E-state index in [1.165, 1.54) is 51.6 Å². The van der Waals surface area contributed by atoms with Gasteiger partial charge >= 0.3 is 0 Å². The van der Waals surface area contributed by atoms with Gasteiger partial charge in [-0.1, -0.05) is 66.6 Å². The molecule has 2 heterocycles. The fraction of sp³-hybridized carbons (Fsp3) is 0.378. The van der Waals surface area contributed by atoms with E-state index in [1.807, 2.05) is 30.3 Å². The molecule has 1 N–H and O–H groups in total. The summed E-state index contributed by atoms with van der Waals surface area (Å²) < 4.78 is 0. The molecule has 42 heavy (non-hydrogen) atoms. The summed E-state index contributed by atoms with van der Waals surface area (Å²) in [6.07, 6.45) is 9.40. The number of rotatable bonds is 6. The molecular weight excluding hydrogens is 536 g/mol. The van der Waals surface area contributed by atoms with Crippen molar-refractivity contribution < 1.29 is 0 Å². The van der Waals surface area contributed by atoms with Crippen LogP contribution in [0.5, 0.6) is 0 Å². The van der Waals surface area contributed by atoms with Crippen LogP contribution in [0.2, 0.25) is 5.02 Å². The smallest absolute Gasteiger partial charge is 0.130 e. The van der Waals surface area contributed by atoms with Gasteiger partial charge in [-0.2, -0.15) is 0 Å². The third kappa shape index (κ3) is 5.09. The number of allylic oxidation sites excluding steroid dienone is 4. The molecule has 3 aliphatic rings. The quantitative estimate of drug-likeness (QED) is 0.249. The number of nitrogens with one attached hydrogen (secondary N) is 1. The summed E-state index contributed by atoms with van der Waals surface area (Å²) >= 11 is 6.58. The van der Waals surface area contributed by atoms with Gasteiger partial charge in [0.15, 0.2) is 0 Å². The summed E-state index contributed by atoms with van der Waals surface area (Å²) in [4.78, 5) is 9.89. The number of anilines is 2. The molecule has 2 atom stereocenters. The molecule has 1 saturated heterocycles. The predicted molar refractivity (Wildman–Crippen MR) is 180 cm³/mol. The normalized spacial score (nSPS) is 19.7.